The first kappa shape index (κ1) is 19.9. The Morgan fingerprint density at radius 1 is 1.11 bits per heavy atom. The minimum atomic E-state index is -0.368. The van der Waals surface area contributed by atoms with Gasteiger partial charge < -0.3 is 14.5 Å². The van der Waals surface area contributed by atoms with Gasteiger partial charge in [0.2, 0.25) is 5.91 Å². The van der Waals surface area contributed by atoms with E-state index in [1.54, 1.807) is 41.0 Å². The molecule has 0 N–H and O–H groups in total. The highest BCUT2D eigenvalue weighted by Crippen LogP contribution is 2.18. The summed E-state index contributed by atoms with van der Waals surface area (Å²) in [5.74, 6) is -0.188. The van der Waals surface area contributed by atoms with E-state index in [9.17, 15) is 14.4 Å². The molecule has 28 heavy (non-hydrogen) atoms. The highest BCUT2D eigenvalue weighted by atomic mass is 35.5. The van der Waals surface area contributed by atoms with Gasteiger partial charge in [-0.3, -0.25) is 14.2 Å². The van der Waals surface area contributed by atoms with E-state index in [-0.39, 0.29) is 24.1 Å². The molecule has 0 radical (unpaired) electrons. The maximum absolute atomic E-state index is 12.5. The van der Waals surface area contributed by atoms with E-state index in [4.69, 9.17) is 16.3 Å². The van der Waals surface area contributed by atoms with Crippen LogP contribution in [0.25, 0.3) is 11.3 Å². The van der Waals surface area contributed by atoms with E-state index in [0.717, 1.165) is 5.56 Å². The SMILES string of the molecule is CCOC(=O)N1CCN(C(=O)Cn2cnc(-c3ccc(Cl)cc3)cc2=O)CC1. The molecule has 3 rings (SSSR count). The van der Waals surface area contributed by atoms with Crippen LogP contribution in [0.5, 0.6) is 0 Å². The highest BCUT2D eigenvalue weighted by Gasteiger charge is 2.25. The molecule has 1 fully saturated rings. The first-order valence-electron chi connectivity index (χ1n) is 9.00. The summed E-state index contributed by atoms with van der Waals surface area (Å²) in [5, 5.41) is 0.603. The molecule has 2 heterocycles. The van der Waals surface area contributed by atoms with Crippen molar-refractivity contribution in [3.63, 3.8) is 0 Å². The Labute approximate surface area is 167 Å². The molecule has 9 heteroatoms. The molecule has 0 bridgehead atoms. The van der Waals surface area contributed by atoms with Crippen LogP contribution in [-0.2, 0) is 16.1 Å². The van der Waals surface area contributed by atoms with Crippen LogP contribution in [-0.4, -0.2) is 64.1 Å². The Hall–Kier alpha value is -2.87. The largest absolute Gasteiger partial charge is 0.450 e. The van der Waals surface area contributed by atoms with Crippen molar-refractivity contribution in [2.24, 2.45) is 0 Å². The molecule has 2 aromatic rings. The number of aromatic nitrogens is 2. The van der Waals surface area contributed by atoms with Crippen LogP contribution in [0.3, 0.4) is 0 Å². The van der Waals surface area contributed by atoms with E-state index in [1.165, 1.54) is 17.0 Å². The van der Waals surface area contributed by atoms with Gasteiger partial charge in [0.15, 0.2) is 0 Å². The fourth-order valence-corrected chi connectivity index (χ4v) is 3.05. The van der Waals surface area contributed by atoms with Crippen LogP contribution in [0, 0.1) is 0 Å². The van der Waals surface area contributed by atoms with Crippen molar-refractivity contribution in [3.05, 3.63) is 52.0 Å². The Morgan fingerprint density at radius 3 is 2.36 bits per heavy atom. The van der Waals surface area contributed by atoms with Crippen LogP contribution in [0.1, 0.15) is 6.92 Å². The minimum Gasteiger partial charge on any atom is -0.450 e. The average Bonchev–Trinajstić information content (AvgIpc) is 2.70. The quantitative estimate of drug-likeness (QED) is 0.776. The van der Waals surface area contributed by atoms with Crippen LogP contribution in [0.2, 0.25) is 5.02 Å². The predicted molar refractivity (Wildman–Crippen MR) is 104 cm³/mol. The second kappa shape index (κ2) is 8.88. The molecule has 1 aliphatic rings. The number of hydrogen-bond donors (Lipinski definition) is 0. The number of nitrogens with zero attached hydrogens (tertiary/aromatic N) is 4. The molecule has 1 saturated heterocycles. The summed E-state index contributed by atoms with van der Waals surface area (Å²) < 4.78 is 6.24. The van der Waals surface area contributed by atoms with Crippen molar-refractivity contribution in [1.29, 1.82) is 0 Å². The van der Waals surface area contributed by atoms with Crippen LogP contribution >= 0.6 is 11.6 Å². The number of carbonyl (C=O) groups excluding carboxylic acids is 2. The third-order valence-corrected chi connectivity index (χ3v) is 4.74. The molecule has 0 saturated carbocycles. The smallest absolute Gasteiger partial charge is 0.409 e. The zero-order valence-corrected chi connectivity index (χ0v) is 16.3. The maximum Gasteiger partial charge on any atom is 0.409 e. The first-order chi connectivity index (χ1) is 13.5. The summed E-state index contributed by atoms with van der Waals surface area (Å²) >= 11 is 5.87. The van der Waals surface area contributed by atoms with Gasteiger partial charge in [-0.15, -0.1) is 0 Å². The van der Waals surface area contributed by atoms with Crippen molar-refractivity contribution in [1.82, 2.24) is 19.4 Å². The van der Waals surface area contributed by atoms with E-state index in [0.29, 0.717) is 43.5 Å². The summed E-state index contributed by atoms with van der Waals surface area (Å²) in [4.78, 5) is 44.1. The molecule has 8 nitrogen and oxygen atoms in total. The van der Waals surface area contributed by atoms with Gasteiger partial charge in [-0.1, -0.05) is 23.7 Å². The summed E-state index contributed by atoms with van der Waals surface area (Å²) in [6.45, 7) is 3.61. The number of hydrogen-bond acceptors (Lipinski definition) is 5. The molecule has 0 spiro atoms. The second-order valence-electron chi connectivity index (χ2n) is 6.31. The van der Waals surface area contributed by atoms with Gasteiger partial charge in [-0.25, -0.2) is 9.78 Å². The summed E-state index contributed by atoms with van der Waals surface area (Å²) in [5.41, 5.74) is 0.988. The number of halogens is 1. The number of rotatable bonds is 4. The first-order valence-corrected chi connectivity index (χ1v) is 9.37. The van der Waals surface area contributed by atoms with Gasteiger partial charge in [0, 0.05) is 42.8 Å². The summed E-state index contributed by atoms with van der Waals surface area (Å²) in [6.07, 6.45) is 1.01. The van der Waals surface area contributed by atoms with Crippen molar-refractivity contribution in [3.8, 4) is 11.3 Å². The third kappa shape index (κ3) is 4.69. The molecule has 2 amide bonds. The van der Waals surface area contributed by atoms with E-state index < -0.39 is 0 Å². The zero-order chi connectivity index (χ0) is 20.1. The van der Waals surface area contributed by atoms with Gasteiger partial charge >= 0.3 is 6.09 Å². The Bertz CT molecular complexity index is 905. The van der Waals surface area contributed by atoms with Gasteiger partial charge in [0.05, 0.1) is 18.6 Å². The Kier molecular flexibility index (Phi) is 6.30. The summed E-state index contributed by atoms with van der Waals surface area (Å²) in [7, 11) is 0. The average molecular weight is 405 g/mol. The van der Waals surface area contributed by atoms with Crippen molar-refractivity contribution in [2.45, 2.75) is 13.5 Å². The number of carbonyl (C=O) groups is 2. The topological polar surface area (TPSA) is 84.7 Å². The lowest BCUT2D eigenvalue weighted by atomic mass is 10.1. The highest BCUT2D eigenvalue weighted by molar-refractivity contribution is 6.30. The molecule has 0 unspecified atom stereocenters. The normalized spacial score (nSPS) is 14.1. The number of amides is 2. The molecule has 0 aliphatic carbocycles. The Balaban J connectivity index is 1.61. The fourth-order valence-electron chi connectivity index (χ4n) is 2.92. The van der Waals surface area contributed by atoms with E-state index in [2.05, 4.69) is 4.98 Å². The standard InChI is InChI=1S/C19H21ClN4O4/c1-2-28-19(27)23-9-7-22(8-10-23)18(26)12-24-13-21-16(11-17(24)25)14-3-5-15(20)6-4-14/h3-6,11,13H,2,7-10,12H2,1H3. The fraction of sp³-hybridized carbons (Fsp3) is 0.368. The van der Waals surface area contributed by atoms with Crippen LogP contribution in [0.4, 0.5) is 4.79 Å². The summed E-state index contributed by atoms with van der Waals surface area (Å²) in [6, 6.07) is 8.41. The maximum atomic E-state index is 12.5. The number of piperazine rings is 1. The van der Waals surface area contributed by atoms with Gasteiger partial charge in [0.1, 0.15) is 6.54 Å². The molecular weight excluding hydrogens is 384 g/mol. The molecule has 1 aromatic carbocycles. The molecule has 0 atom stereocenters. The number of ether oxygens (including phenoxy) is 1. The molecule has 148 valence electrons. The monoisotopic (exact) mass is 404 g/mol. The van der Waals surface area contributed by atoms with Crippen LogP contribution < -0.4 is 5.56 Å². The second-order valence-corrected chi connectivity index (χ2v) is 6.75. The molecule has 1 aromatic heterocycles. The van der Waals surface area contributed by atoms with Crippen LogP contribution in [0.15, 0.2) is 41.5 Å². The van der Waals surface area contributed by atoms with Gasteiger partial charge in [0.25, 0.3) is 5.56 Å². The third-order valence-electron chi connectivity index (χ3n) is 4.48. The van der Waals surface area contributed by atoms with Crippen molar-refractivity contribution < 1.29 is 14.3 Å². The lowest BCUT2D eigenvalue weighted by Gasteiger charge is -2.34. The Morgan fingerprint density at radius 2 is 1.75 bits per heavy atom. The van der Waals surface area contributed by atoms with E-state index in [1.807, 2.05) is 0 Å². The van der Waals surface area contributed by atoms with Crippen molar-refractivity contribution >= 4 is 23.6 Å². The predicted octanol–water partition coefficient (Wildman–Crippen LogP) is 1.86. The lowest BCUT2D eigenvalue weighted by molar-refractivity contribution is -0.133. The minimum absolute atomic E-state index is 0.0911. The lowest BCUT2D eigenvalue weighted by Crippen LogP contribution is -2.51. The molecular formula is C19H21ClN4O4. The zero-order valence-electron chi connectivity index (χ0n) is 15.5. The van der Waals surface area contributed by atoms with E-state index >= 15 is 0 Å². The van der Waals surface area contributed by atoms with Crippen molar-refractivity contribution in [2.75, 3.05) is 32.8 Å². The van der Waals surface area contributed by atoms with Gasteiger partial charge in [-0.05, 0) is 19.1 Å². The number of benzene rings is 1. The molecule has 1 aliphatic heterocycles. The van der Waals surface area contributed by atoms with Gasteiger partial charge in [-0.2, -0.15) is 0 Å².